The number of hydrogen-bond donors (Lipinski definition) is 0. The molecule has 5 nitrogen and oxygen atoms in total. The lowest BCUT2D eigenvalue weighted by atomic mass is 10.1. The number of aromatic nitrogens is 2. The van der Waals surface area contributed by atoms with Crippen LogP contribution in [0.5, 0.6) is 17.2 Å². The number of fused-ring (bicyclic) bond motifs is 3. The molecule has 0 aliphatic heterocycles. The molecule has 3 heterocycles. The van der Waals surface area contributed by atoms with Crippen LogP contribution in [0.3, 0.4) is 0 Å². The Morgan fingerprint density at radius 1 is 0.468 bits per heavy atom. The molecule has 0 radical (unpaired) electrons. The molecule has 5 aromatic carbocycles. The molecule has 0 N–H and O–H groups in total. The van der Waals surface area contributed by atoms with Crippen LogP contribution in [0.4, 0.5) is 0 Å². The molecule has 3 aromatic heterocycles. The Bertz CT molecular complexity index is 2310. The number of nitrogens with zero attached hydrogens (tertiary/aromatic N) is 2. The molecular formula is C40H29AlN2O3S. The van der Waals surface area contributed by atoms with E-state index < -0.39 is 15.1 Å². The highest BCUT2D eigenvalue weighted by Gasteiger charge is 2.45. The zero-order valence-corrected chi connectivity index (χ0v) is 27.9. The van der Waals surface area contributed by atoms with Crippen molar-refractivity contribution in [1.82, 2.24) is 9.97 Å². The van der Waals surface area contributed by atoms with Gasteiger partial charge in [0.1, 0.15) is 22.5 Å². The first-order valence-electron chi connectivity index (χ1n) is 15.5. The van der Waals surface area contributed by atoms with E-state index in [1.54, 1.807) is 11.3 Å². The van der Waals surface area contributed by atoms with E-state index in [9.17, 15) is 0 Å². The summed E-state index contributed by atoms with van der Waals surface area (Å²) in [4.78, 5) is 12.0. The second-order valence-electron chi connectivity index (χ2n) is 11.5. The quantitative estimate of drug-likeness (QED) is 0.154. The minimum atomic E-state index is -2.91. The zero-order chi connectivity index (χ0) is 31.7. The van der Waals surface area contributed by atoms with Gasteiger partial charge >= 0.3 is 15.1 Å². The smallest absolute Gasteiger partial charge is 0.577 e. The first-order valence-corrected chi connectivity index (χ1v) is 17.7. The third kappa shape index (κ3) is 6.17. The van der Waals surface area contributed by atoms with Crippen LogP contribution in [-0.4, -0.2) is 25.1 Å². The number of thiophene rings is 1. The number of hydrogen-bond acceptors (Lipinski definition) is 6. The van der Waals surface area contributed by atoms with E-state index in [0.717, 1.165) is 44.0 Å². The van der Waals surface area contributed by atoms with E-state index in [4.69, 9.17) is 21.3 Å². The van der Waals surface area contributed by atoms with Crippen molar-refractivity contribution in [3.8, 4) is 38.1 Å². The van der Waals surface area contributed by atoms with Crippen LogP contribution in [0, 0.1) is 13.8 Å². The van der Waals surface area contributed by atoms with Gasteiger partial charge in [0, 0.05) is 31.9 Å². The van der Waals surface area contributed by atoms with Crippen LogP contribution in [0.2, 0.25) is 0 Å². The van der Waals surface area contributed by atoms with Gasteiger partial charge in [-0.25, -0.2) is 9.97 Å². The Balaban J connectivity index is 1.12. The Hall–Kier alpha value is -5.19. The lowest BCUT2D eigenvalue weighted by Gasteiger charge is -2.18. The fourth-order valence-corrected chi connectivity index (χ4v) is 8.03. The van der Waals surface area contributed by atoms with E-state index >= 15 is 0 Å². The molecule has 7 heteroatoms. The molecule has 0 saturated carbocycles. The van der Waals surface area contributed by atoms with Gasteiger partial charge in [-0.05, 0) is 90.3 Å². The first-order chi connectivity index (χ1) is 23.1. The van der Waals surface area contributed by atoms with Gasteiger partial charge in [-0.15, -0.1) is 11.3 Å². The maximum Gasteiger partial charge on any atom is 1.20 e. The highest BCUT2D eigenvalue weighted by molar-refractivity contribution is 7.18. The number of rotatable bonds is 8. The monoisotopic (exact) mass is 644 g/mol. The molecule has 0 fully saturated rings. The Morgan fingerprint density at radius 3 is 1.70 bits per heavy atom. The van der Waals surface area contributed by atoms with Crippen molar-refractivity contribution in [3.05, 3.63) is 151 Å². The number of para-hydroxylation sites is 2. The van der Waals surface area contributed by atoms with Crippen molar-refractivity contribution in [2.45, 2.75) is 13.8 Å². The van der Waals surface area contributed by atoms with Crippen molar-refractivity contribution in [2.24, 2.45) is 0 Å². The van der Waals surface area contributed by atoms with E-state index in [1.165, 1.54) is 20.9 Å². The number of benzene rings is 5. The van der Waals surface area contributed by atoms with Crippen molar-refractivity contribution in [3.63, 3.8) is 0 Å². The average Bonchev–Trinajstić information content (AvgIpc) is 3.60. The van der Waals surface area contributed by atoms with Crippen molar-refractivity contribution in [1.29, 1.82) is 0 Å². The molecule has 0 amide bonds. The molecule has 8 aromatic rings. The molecule has 0 bridgehead atoms. The number of aryl methyl sites for hydroxylation is 2. The van der Waals surface area contributed by atoms with E-state index in [-0.39, 0.29) is 0 Å². The van der Waals surface area contributed by atoms with Crippen LogP contribution in [-0.2, 0) is 0 Å². The van der Waals surface area contributed by atoms with Crippen molar-refractivity contribution >= 4 is 59.1 Å². The van der Waals surface area contributed by atoms with E-state index in [2.05, 4.69) is 72.8 Å². The largest absolute Gasteiger partial charge is 1.20 e. The Morgan fingerprint density at radius 2 is 1.04 bits per heavy atom. The SMILES string of the molecule is Cc1ccc2cccc([O][Al]([O]c3ccc4cc(-c5ccc(-c6ccccc6)s5)ccc4c3)[O]c3cccc4ccc(C)nc34)c2n1. The van der Waals surface area contributed by atoms with Crippen molar-refractivity contribution in [2.75, 3.05) is 0 Å². The second-order valence-corrected chi connectivity index (χ2v) is 13.8. The highest BCUT2D eigenvalue weighted by Crippen LogP contribution is 2.36. The minimum absolute atomic E-state index is 0.628. The molecule has 0 aliphatic rings. The van der Waals surface area contributed by atoms with E-state index in [0.29, 0.717) is 17.2 Å². The number of pyridine rings is 2. The van der Waals surface area contributed by atoms with E-state index in [1.807, 2.05) is 80.6 Å². The molecule has 0 atom stereocenters. The standard InChI is InChI=1S/C20H14OS.2C10H9NO.Al/c21-18-9-8-15-12-17(7-6-16(15)13-18)20-11-10-19(22-20)14-4-2-1-3-5-14;2*1-7-5-6-8-3-2-4-9(12)10(8)11-7;/h1-13,21H;2*2-6,12H,1H3;/q;;;+3/p-3. The molecular weight excluding hydrogens is 616 g/mol. The molecule has 8 rings (SSSR count). The van der Waals surface area contributed by atoms with Gasteiger partial charge in [0.2, 0.25) is 0 Å². The highest BCUT2D eigenvalue weighted by atomic mass is 32.1. The minimum Gasteiger partial charge on any atom is -0.577 e. The second kappa shape index (κ2) is 12.5. The van der Waals surface area contributed by atoms with Crippen LogP contribution >= 0.6 is 11.3 Å². The van der Waals surface area contributed by atoms with Gasteiger partial charge < -0.3 is 11.4 Å². The summed E-state index contributed by atoms with van der Waals surface area (Å²) < 4.78 is 19.8. The van der Waals surface area contributed by atoms with Gasteiger partial charge in [-0.2, -0.15) is 0 Å². The summed E-state index contributed by atoms with van der Waals surface area (Å²) in [6.07, 6.45) is 0. The van der Waals surface area contributed by atoms with Crippen LogP contribution in [0.1, 0.15) is 11.4 Å². The first kappa shape index (κ1) is 29.2. The maximum absolute atomic E-state index is 6.60. The molecule has 0 spiro atoms. The normalized spacial score (nSPS) is 11.2. The predicted molar refractivity (Wildman–Crippen MR) is 193 cm³/mol. The molecule has 0 unspecified atom stereocenters. The van der Waals surface area contributed by atoms with Gasteiger partial charge in [-0.1, -0.05) is 84.9 Å². The topological polar surface area (TPSA) is 53.5 Å². The summed E-state index contributed by atoms with van der Waals surface area (Å²) in [6, 6.07) is 47.5. The lowest BCUT2D eigenvalue weighted by Crippen LogP contribution is -2.37. The third-order valence-electron chi connectivity index (χ3n) is 8.08. The summed E-state index contributed by atoms with van der Waals surface area (Å²) in [5, 5.41) is 4.19. The summed E-state index contributed by atoms with van der Waals surface area (Å²) in [6.45, 7) is 3.95. The predicted octanol–water partition coefficient (Wildman–Crippen LogP) is 10.5. The van der Waals surface area contributed by atoms with Crippen molar-refractivity contribution < 1.29 is 11.4 Å². The van der Waals surface area contributed by atoms with Gasteiger partial charge in [-0.3, -0.25) is 0 Å². The maximum atomic E-state index is 6.60. The molecule has 0 aliphatic carbocycles. The summed E-state index contributed by atoms with van der Waals surface area (Å²) in [7, 11) is 0. The third-order valence-corrected chi connectivity index (χ3v) is 10.6. The van der Waals surface area contributed by atoms with Crippen LogP contribution < -0.4 is 11.4 Å². The summed E-state index contributed by atoms with van der Waals surface area (Å²) in [5.41, 5.74) is 5.80. The molecule has 226 valence electrons. The van der Waals surface area contributed by atoms with Crippen LogP contribution in [0.25, 0.3) is 53.5 Å². The molecule has 0 saturated heterocycles. The Kier molecular flexibility index (Phi) is 7.80. The average molecular weight is 645 g/mol. The fourth-order valence-electron chi connectivity index (χ4n) is 5.72. The summed E-state index contributed by atoms with van der Waals surface area (Å²) >= 11 is -1.10. The van der Waals surface area contributed by atoms with Gasteiger partial charge in [0.15, 0.2) is 0 Å². The van der Waals surface area contributed by atoms with Crippen LogP contribution in [0.15, 0.2) is 140 Å². The zero-order valence-electron chi connectivity index (χ0n) is 25.9. The summed E-state index contributed by atoms with van der Waals surface area (Å²) in [5.74, 6) is 1.94. The van der Waals surface area contributed by atoms with Gasteiger partial charge in [0.05, 0.1) is 5.75 Å². The lowest BCUT2D eigenvalue weighted by molar-refractivity contribution is 0.310. The molecule has 47 heavy (non-hydrogen) atoms. The van der Waals surface area contributed by atoms with Gasteiger partial charge in [0.25, 0.3) is 0 Å². The Labute approximate surface area is 282 Å². The fraction of sp³-hybridized carbons (Fsp3) is 0.0500.